The molecule has 3 atom stereocenters. The number of halogens is 3. The normalized spacial score (nSPS) is 22.0. The number of anilines is 1. The monoisotopic (exact) mass is 506 g/mol. The highest BCUT2D eigenvalue weighted by Crippen LogP contribution is 2.32. The minimum Gasteiger partial charge on any atom is -0.355 e. The fourth-order valence-electron chi connectivity index (χ4n) is 5.09. The third-order valence-corrected chi connectivity index (χ3v) is 7.40. The largest absolute Gasteiger partial charge is 0.355 e. The quantitative estimate of drug-likeness (QED) is 0.433. The molecule has 0 saturated carbocycles. The van der Waals surface area contributed by atoms with Crippen molar-refractivity contribution in [2.24, 2.45) is 5.92 Å². The Kier molecular flexibility index (Phi) is 7.20. The van der Waals surface area contributed by atoms with E-state index < -0.39 is 0 Å². The minimum atomic E-state index is -0.0900. The molecule has 1 fully saturated rings. The number of rotatable bonds is 4. The van der Waals surface area contributed by atoms with Crippen LogP contribution in [0.2, 0.25) is 10.0 Å². The van der Waals surface area contributed by atoms with Crippen LogP contribution in [-0.4, -0.2) is 56.9 Å². The fourth-order valence-corrected chi connectivity index (χ4v) is 5.65. The topological polar surface area (TPSA) is 50.1 Å². The van der Waals surface area contributed by atoms with Crippen LogP contribution in [0.25, 0.3) is 11.2 Å². The molecule has 33 heavy (non-hydrogen) atoms. The molecule has 176 valence electrons. The molecule has 0 aliphatic carbocycles. The van der Waals surface area contributed by atoms with Crippen LogP contribution < -0.4 is 4.90 Å². The van der Waals surface area contributed by atoms with Crippen LogP contribution in [0.3, 0.4) is 0 Å². The maximum atomic E-state index is 6.49. The average Bonchev–Trinajstić information content (AvgIpc) is 3.41. The Labute approximate surface area is 211 Å². The smallest absolute Gasteiger partial charge is 0.179 e. The number of aromatic nitrogens is 4. The second-order valence-electron chi connectivity index (χ2n) is 8.98. The highest BCUT2D eigenvalue weighted by Gasteiger charge is 2.31. The summed E-state index contributed by atoms with van der Waals surface area (Å²) in [6.07, 6.45) is 7.58. The van der Waals surface area contributed by atoms with E-state index in [0.717, 1.165) is 60.8 Å². The van der Waals surface area contributed by atoms with Gasteiger partial charge in [-0.05, 0) is 43.9 Å². The molecule has 2 aromatic heterocycles. The SMILES string of the molecule is Cc1nn([C@H](C)c2ccc(Cl)cc2Cl)c2nc(N3CC[C@H](N4CC=CC4)[C@H](C)C3)cnc12.Cl. The number of hydrogen-bond donors (Lipinski definition) is 0. The molecule has 1 saturated heterocycles. The van der Waals surface area contributed by atoms with Gasteiger partial charge < -0.3 is 4.90 Å². The lowest BCUT2D eigenvalue weighted by atomic mass is 9.92. The number of aryl methyl sites for hydroxylation is 1. The van der Waals surface area contributed by atoms with E-state index in [2.05, 4.69) is 35.8 Å². The summed E-state index contributed by atoms with van der Waals surface area (Å²) in [4.78, 5) is 14.7. The lowest BCUT2D eigenvalue weighted by molar-refractivity contribution is 0.165. The van der Waals surface area contributed by atoms with Crippen LogP contribution >= 0.6 is 35.6 Å². The summed E-state index contributed by atoms with van der Waals surface area (Å²) in [6.45, 7) is 10.5. The highest BCUT2D eigenvalue weighted by molar-refractivity contribution is 6.35. The summed E-state index contributed by atoms with van der Waals surface area (Å²) in [7, 11) is 0. The van der Waals surface area contributed by atoms with Crippen molar-refractivity contribution in [2.75, 3.05) is 31.1 Å². The van der Waals surface area contributed by atoms with Gasteiger partial charge in [-0.3, -0.25) is 4.90 Å². The predicted molar refractivity (Wildman–Crippen MR) is 138 cm³/mol. The highest BCUT2D eigenvalue weighted by atomic mass is 35.5. The van der Waals surface area contributed by atoms with Gasteiger partial charge in [0.15, 0.2) is 5.65 Å². The lowest BCUT2D eigenvalue weighted by Gasteiger charge is -2.41. The Morgan fingerprint density at radius 1 is 1.15 bits per heavy atom. The van der Waals surface area contributed by atoms with E-state index in [1.165, 1.54) is 0 Å². The molecule has 4 heterocycles. The number of piperidine rings is 1. The van der Waals surface area contributed by atoms with Crippen LogP contribution in [0, 0.1) is 12.8 Å². The van der Waals surface area contributed by atoms with Crippen molar-refractivity contribution in [1.29, 1.82) is 0 Å². The Morgan fingerprint density at radius 2 is 1.91 bits per heavy atom. The third kappa shape index (κ3) is 4.59. The van der Waals surface area contributed by atoms with Gasteiger partial charge in [-0.15, -0.1) is 12.4 Å². The Morgan fingerprint density at radius 3 is 2.61 bits per heavy atom. The van der Waals surface area contributed by atoms with E-state index in [1.54, 1.807) is 6.07 Å². The zero-order valence-electron chi connectivity index (χ0n) is 19.1. The molecule has 0 amide bonds. The van der Waals surface area contributed by atoms with Crippen molar-refractivity contribution in [3.05, 3.63) is 57.9 Å². The Bertz CT molecular complexity index is 1170. The van der Waals surface area contributed by atoms with Crippen molar-refractivity contribution in [1.82, 2.24) is 24.6 Å². The first-order valence-electron chi connectivity index (χ1n) is 11.2. The summed E-state index contributed by atoms with van der Waals surface area (Å²) < 4.78 is 1.93. The molecule has 0 bridgehead atoms. The molecule has 1 aromatic carbocycles. The standard InChI is InChI=1S/C24H28Cl2N6.ClH/c1-15-14-31(11-8-21(15)30-9-4-5-10-30)22-13-27-23-16(2)29-32(24(23)28-22)17(3)19-7-6-18(25)12-20(19)26;/h4-7,12-13,15,17,21H,8-11,14H2,1-3H3;1H/t15-,17-,21+;/m1./s1. The first-order chi connectivity index (χ1) is 15.4. The van der Waals surface area contributed by atoms with Crippen LogP contribution in [-0.2, 0) is 0 Å². The van der Waals surface area contributed by atoms with Gasteiger partial charge >= 0.3 is 0 Å². The molecule has 2 aliphatic rings. The second kappa shape index (κ2) is 9.79. The first kappa shape index (κ1) is 24.3. The molecule has 0 unspecified atom stereocenters. The lowest BCUT2D eigenvalue weighted by Crippen LogP contribution is -2.49. The van der Waals surface area contributed by atoms with E-state index in [1.807, 2.05) is 29.9 Å². The van der Waals surface area contributed by atoms with Crippen LogP contribution in [0.5, 0.6) is 0 Å². The number of nitrogens with zero attached hydrogens (tertiary/aromatic N) is 6. The predicted octanol–water partition coefficient (Wildman–Crippen LogP) is 5.56. The molecule has 0 N–H and O–H groups in total. The Balaban J connectivity index is 0.00000259. The van der Waals surface area contributed by atoms with E-state index in [4.69, 9.17) is 38.3 Å². The zero-order valence-corrected chi connectivity index (χ0v) is 21.4. The maximum absolute atomic E-state index is 6.49. The van der Waals surface area contributed by atoms with Gasteiger partial charge in [0.25, 0.3) is 0 Å². The molecule has 0 spiro atoms. The molecule has 3 aromatic rings. The number of hydrogen-bond acceptors (Lipinski definition) is 5. The van der Waals surface area contributed by atoms with Gasteiger partial charge in [0.2, 0.25) is 0 Å². The number of fused-ring (bicyclic) bond motifs is 1. The van der Waals surface area contributed by atoms with Gasteiger partial charge in [-0.25, -0.2) is 14.6 Å². The van der Waals surface area contributed by atoms with Crippen LogP contribution in [0.15, 0.2) is 36.5 Å². The van der Waals surface area contributed by atoms with Gasteiger partial charge in [0.1, 0.15) is 11.3 Å². The average molecular weight is 508 g/mol. The molecular formula is C24H29Cl3N6. The number of benzene rings is 1. The van der Waals surface area contributed by atoms with Crippen LogP contribution in [0.1, 0.15) is 37.6 Å². The zero-order chi connectivity index (χ0) is 22.4. The van der Waals surface area contributed by atoms with Crippen LogP contribution in [0.4, 0.5) is 5.82 Å². The summed E-state index contributed by atoms with van der Waals surface area (Å²) in [6, 6.07) is 6.11. The van der Waals surface area contributed by atoms with E-state index in [9.17, 15) is 0 Å². The van der Waals surface area contributed by atoms with Crippen molar-refractivity contribution in [2.45, 2.75) is 39.3 Å². The minimum absolute atomic E-state index is 0. The van der Waals surface area contributed by atoms with Crippen molar-refractivity contribution < 1.29 is 0 Å². The third-order valence-electron chi connectivity index (χ3n) is 6.84. The van der Waals surface area contributed by atoms with E-state index in [0.29, 0.717) is 22.0 Å². The summed E-state index contributed by atoms with van der Waals surface area (Å²) in [5.41, 5.74) is 3.44. The summed E-state index contributed by atoms with van der Waals surface area (Å²) in [5, 5.41) is 6.01. The maximum Gasteiger partial charge on any atom is 0.179 e. The second-order valence-corrected chi connectivity index (χ2v) is 9.82. The Hall–Kier alpha value is -1.86. The van der Waals surface area contributed by atoms with Crippen molar-refractivity contribution >= 4 is 52.6 Å². The van der Waals surface area contributed by atoms with Gasteiger partial charge in [-0.1, -0.05) is 48.3 Å². The van der Waals surface area contributed by atoms with E-state index >= 15 is 0 Å². The van der Waals surface area contributed by atoms with Gasteiger partial charge in [0, 0.05) is 42.3 Å². The van der Waals surface area contributed by atoms with Crippen molar-refractivity contribution in [3.8, 4) is 0 Å². The molecular weight excluding hydrogens is 479 g/mol. The van der Waals surface area contributed by atoms with E-state index in [-0.39, 0.29) is 18.4 Å². The van der Waals surface area contributed by atoms with Crippen molar-refractivity contribution in [3.63, 3.8) is 0 Å². The van der Waals surface area contributed by atoms with Gasteiger partial charge in [0.05, 0.1) is 17.9 Å². The molecule has 9 heteroatoms. The molecule has 6 nitrogen and oxygen atoms in total. The molecule has 0 radical (unpaired) electrons. The first-order valence-corrected chi connectivity index (χ1v) is 12.0. The molecule has 2 aliphatic heterocycles. The molecule has 5 rings (SSSR count). The summed E-state index contributed by atoms with van der Waals surface area (Å²) >= 11 is 12.6. The summed E-state index contributed by atoms with van der Waals surface area (Å²) in [5.74, 6) is 1.48. The van der Waals surface area contributed by atoms with Gasteiger partial charge in [-0.2, -0.15) is 5.10 Å². The fraction of sp³-hybridized carbons (Fsp3) is 0.458.